The summed E-state index contributed by atoms with van der Waals surface area (Å²) in [5.41, 5.74) is 4.45. The number of aliphatic hydroxyl groups excluding tert-OH is 2. The second kappa shape index (κ2) is 8.89. The number of fused-ring (bicyclic) bond motifs is 3. The van der Waals surface area contributed by atoms with E-state index in [1.165, 1.54) is 12.1 Å². The predicted molar refractivity (Wildman–Crippen MR) is 115 cm³/mol. The Morgan fingerprint density at radius 1 is 0.968 bits per heavy atom. The molecule has 0 aliphatic heterocycles. The van der Waals surface area contributed by atoms with Crippen LogP contribution in [0.15, 0.2) is 60.7 Å². The maximum absolute atomic E-state index is 12.2. The van der Waals surface area contributed by atoms with Gasteiger partial charge in [0.25, 0.3) is 0 Å². The maximum Gasteiger partial charge on any atom is 0.407 e. The van der Waals surface area contributed by atoms with E-state index in [0.717, 1.165) is 33.6 Å². The molecule has 0 fully saturated rings. The van der Waals surface area contributed by atoms with Crippen molar-refractivity contribution >= 4 is 23.4 Å². The van der Waals surface area contributed by atoms with Crippen molar-refractivity contribution < 1.29 is 29.6 Å². The summed E-state index contributed by atoms with van der Waals surface area (Å²) < 4.78 is 5.39. The fourth-order valence-corrected chi connectivity index (χ4v) is 4.66. The number of carbonyl (C=O) groups is 2. The SMILES string of the molecule is O=C(NCC(O)C(O)c1ccc(C(=O)O)s1)OCC1c2ccccc2-c2ccccc21. The number of carbonyl (C=O) groups excluding carboxylic acids is 1. The number of rotatable bonds is 7. The molecule has 3 aromatic rings. The topological polar surface area (TPSA) is 116 Å². The summed E-state index contributed by atoms with van der Waals surface area (Å²) in [7, 11) is 0. The third-order valence-corrected chi connectivity index (χ3v) is 6.44. The summed E-state index contributed by atoms with van der Waals surface area (Å²) in [4.78, 5) is 23.5. The first-order valence-electron chi connectivity index (χ1n) is 9.73. The zero-order valence-corrected chi connectivity index (χ0v) is 17.2. The molecule has 1 aromatic heterocycles. The summed E-state index contributed by atoms with van der Waals surface area (Å²) in [5.74, 6) is -1.18. The number of benzene rings is 2. The van der Waals surface area contributed by atoms with Gasteiger partial charge in [-0.2, -0.15) is 0 Å². The molecule has 4 N–H and O–H groups in total. The Bertz CT molecular complexity index is 1070. The fraction of sp³-hybridized carbons (Fsp3) is 0.217. The smallest absolute Gasteiger partial charge is 0.407 e. The molecular weight excluding hydrogens is 418 g/mol. The molecule has 7 nitrogen and oxygen atoms in total. The number of aliphatic hydroxyl groups is 2. The minimum absolute atomic E-state index is 0.0609. The molecule has 2 aromatic carbocycles. The van der Waals surface area contributed by atoms with Crippen LogP contribution in [0.5, 0.6) is 0 Å². The monoisotopic (exact) mass is 439 g/mol. The summed E-state index contributed by atoms with van der Waals surface area (Å²) in [6, 6.07) is 18.8. The Balaban J connectivity index is 1.33. The number of amides is 1. The van der Waals surface area contributed by atoms with Gasteiger partial charge in [0.05, 0.1) is 0 Å². The summed E-state index contributed by atoms with van der Waals surface area (Å²) >= 11 is 0.872. The number of carboxylic acids is 1. The van der Waals surface area contributed by atoms with E-state index in [1.807, 2.05) is 48.5 Å². The number of nitrogens with one attached hydrogen (secondary N) is 1. The van der Waals surface area contributed by atoms with Crippen molar-refractivity contribution in [3.05, 3.63) is 81.5 Å². The van der Waals surface area contributed by atoms with Gasteiger partial charge in [0, 0.05) is 17.3 Å². The fourth-order valence-electron chi connectivity index (χ4n) is 3.77. The highest BCUT2D eigenvalue weighted by atomic mass is 32.1. The van der Waals surface area contributed by atoms with E-state index in [1.54, 1.807) is 0 Å². The molecule has 1 heterocycles. The molecule has 0 bridgehead atoms. The lowest BCUT2D eigenvalue weighted by Crippen LogP contribution is -2.36. The Labute approximate surface area is 182 Å². The average molecular weight is 439 g/mol. The van der Waals surface area contributed by atoms with Crippen molar-refractivity contribution in [2.45, 2.75) is 18.1 Å². The molecular formula is C23H21NO6S. The van der Waals surface area contributed by atoms with Crippen LogP contribution < -0.4 is 5.32 Å². The first-order chi connectivity index (χ1) is 15.0. The van der Waals surface area contributed by atoms with E-state index in [0.29, 0.717) is 4.88 Å². The molecule has 4 rings (SSSR count). The zero-order valence-electron chi connectivity index (χ0n) is 16.4. The number of thiophene rings is 1. The van der Waals surface area contributed by atoms with E-state index >= 15 is 0 Å². The van der Waals surface area contributed by atoms with Gasteiger partial charge in [0.15, 0.2) is 0 Å². The molecule has 2 unspecified atom stereocenters. The average Bonchev–Trinajstić information content (AvgIpc) is 3.39. The molecule has 0 radical (unpaired) electrons. The number of ether oxygens (including phenoxy) is 1. The molecule has 1 aliphatic rings. The van der Waals surface area contributed by atoms with Crippen LogP contribution in [0.4, 0.5) is 4.79 Å². The minimum atomic E-state index is -1.31. The number of hydrogen-bond acceptors (Lipinski definition) is 6. The molecule has 8 heteroatoms. The first-order valence-corrected chi connectivity index (χ1v) is 10.6. The molecule has 0 saturated carbocycles. The quantitative estimate of drug-likeness (QED) is 0.449. The highest BCUT2D eigenvalue weighted by molar-refractivity contribution is 7.14. The second-order valence-corrected chi connectivity index (χ2v) is 8.34. The van der Waals surface area contributed by atoms with Gasteiger partial charge in [0.1, 0.15) is 23.7 Å². The van der Waals surface area contributed by atoms with Crippen LogP contribution in [-0.4, -0.2) is 46.6 Å². The highest BCUT2D eigenvalue weighted by Crippen LogP contribution is 2.44. The van der Waals surface area contributed by atoms with Crippen molar-refractivity contribution in [3.63, 3.8) is 0 Å². The van der Waals surface area contributed by atoms with Crippen LogP contribution in [0.3, 0.4) is 0 Å². The van der Waals surface area contributed by atoms with Gasteiger partial charge in [0.2, 0.25) is 0 Å². The predicted octanol–water partition coefficient (Wildman–Crippen LogP) is 3.38. The molecule has 31 heavy (non-hydrogen) atoms. The van der Waals surface area contributed by atoms with Crippen molar-refractivity contribution in [3.8, 4) is 11.1 Å². The third-order valence-electron chi connectivity index (χ3n) is 5.29. The van der Waals surface area contributed by atoms with Gasteiger partial charge in [-0.25, -0.2) is 9.59 Å². The van der Waals surface area contributed by atoms with Gasteiger partial charge in [-0.1, -0.05) is 48.5 Å². The van der Waals surface area contributed by atoms with Crippen LogP contribution in [-0.2, 0) is 4.74 Å². The normalized spacial score (nSPS) is 14.4. The molecule has 0 saturated heterocycles. The Morgan fingerprint density at radius 2 is 1.58 bits per heavy atom. The minimum Gasteiger partial charge on any atom is -0.477 e. The summed E-state index contributed by atoms with van der Waals surface area (Å²) in [6.45, 7) is -0.0937. The van der Waals surface area contributed by atoms with Crippen molar-refractivity contribution in [2.75, 3.05) is 13.2 Å². The molecule has 1 amide bonds. The van der Waals surface area contributed by atoms with Crippen molar-refractivity contribution in [2.24, 2.45) is 0 Å². The second-order valence-electron chi connectivity index (χ2n) is 7.23. The number of hydrogen-bond donors (Lipinski definition) is 4. The van der Waals surface area contributed by atoms with E-state index in [2.05, 4.69) is 5.32 Å². The van der Waals surface area contributed by atoms with Gasteiger partial charge >= 0.3 is 12.1 Å². The summed E-state index contributed by atoms with van der Waals surface area (Å²) in [6.07, 6.45) is -3.32. The molecule has 0 spiro atoms. The Morgan fingerprint density at radius 3 is 2.16 bits per heavy atom. The number of carboxylic acid groups (broad SMARTS) is 1. The van der Waals surface area contributed by atoms with Gasteiger partial charge in [-0.3, -0.25) is 0 Å². The standard InChI is InChI=1S/C23H21NO6S/c25-18(21(26)19-9-10-20(31-19)22(27)28)11-24-23(29)30-12-17-15-7-3-1-5-13(15)14-6-2-4-8-16(14)17/h1-10,17-18,21,25-26H,11-12H2,(H,24,29)(H,27,28). The lowest BCUT2D eigenvalue weighted by atomic mass is 9.98. The highest BCUT2D eigenvalue weighted by Gasteiger charge is 2.29. The zero-order chi connectivity index (χ0) is 22.0. The Hall–Kier alpha value is -3.20. The lowest BCUT2D eigenvalue weighted by Gasteiger charge is -2.18. The maximum atomic E-state index is 12.2. The van der Waals surface area contributed by atoms with E-state index in [-0.39, 0.29) is 23.9 Å². The molecule has 160 valence electrons. The van der Waals surface area contributed by atoms with E-state index < -0.39 is 24.3 Å². The van der Waals surface area contributed by atoms with E-state index in [9.17, 15) is 19.8 Å². The molecule has 2 atom stereocenters. The van der Waals surface area contributed by atoms with Crippen molar-refractivity contribution in [1.29, 1.82) is 0 Å². The van der Waals surface area contributed by atoms with Crippen LogP contribution in [0.2, 0.25) is 0 Å². The third kappa shape index (κ3) is 4.32. The van der Waals surface area contributed by atoms with Gasteiger partial charge in [-0.05, 0) is 34.4 Å². The van der Waals surface area contributed by atoms with Gasteiger partial charge < -0.3 is 25.4 Å². The van der Waals surface area contributed by atoms with Crippen LogP contribution in [0.1, 0.15) is 37.7 Å². The number of alkyl carbamates (subject to hydrolysis) is 1. The Kier molecular flexibility index (Phi) is 6.03. The number of aromatic carboxylic acids is 1. The van der Waals surface area contributed by atoms with Crippen LogP contribution >= 0.6 is 11.3 Å². The largest absolute Gasteiger partial charge is 0.477 e. The first kappa shape index (κ1) is 21.0. The lowest BCUT2D eigenvalue weighted by molar-refractivity contribution is 0.0206. The van der Waals surface area contributed by atoms with Gasteiger partial charge in [-0.15, -0.1) is 11.3 Å². The molecule has 1 aliphatic carbocycles. The van der Waals surface area contributed by atoms with Crippen molar-refractivity contribution in [1.82, 2.24) is 5.32 Å². The van der Waals surface area contributed by atoms with E-state index in [4.69, 9.17) is 9.84 Å². The van der Waals surface area contributed by atoms with Crippen LogP contribution in [0, 0.1) is 0 Å². The van der Waals surface area contributed by atoms with Crippen LogP contribution in [0.25, 0.3) is 11.1 Å². The summed E-state index contributed by atoms with van der Waals surface area (Å²) in [5, 5.41) is 31.8.